The molecule has 1 fully saturated rings. The average molecular weight is 349 g/mol. The number of hydrogen-bond donors (Lipinski definition) is 0. The molecule has 0 N–H and O–H groups in total. The number of aromatic nitrogens is 3. The lowest BCUT2D eigenvalue weighted by Crippen LogP contribution is -2.46. The normalized spacial score (nSPS) is 17.3. The fraction of sp³-hybridized carbons (Fsp3) is 0.350. The Balaban J connectivity index is 1.35. The van der Waals surface area contributed by atoms with E-state index in [1.165, 1.54) is 0 Å². The highest BCUT2D eigenvalue weighted by molar-refractivity contribution is 5.53. The summed E-state index contributed by atoms with van der Waals surface area (Å²) in [6.07, 6.45) is 1.85. The molecule has 0 bridgehead atoms. The number of pyridine rings is 1. The second-order valence-corrected chi connectivity index (χ2v) is 6.63. The van der Waals surface area contributed by atoms with Crippen molar-refractivity contribution >= 4 is 0 Å². The molecule has 0 radical (unpaired) electrons. The maximum atomic E-state index is 5.53. The zero-order valence-electron chi connectivity index (χ0n) is 15.0. The second-order valence-electron chi connectivity index (χ2n) is 6.63. The van der Waals surface area contributed by atoms with Crippen LogP contribution in [0.1, 0.15) is 24.6 Å². The van der Waals surface area contributed by atoms with Crippen LogP contribution in [0.3, 0.4) is 0 Å². The topological polar surface area (TPSA) is 58.3 Å². The van der Waals surface area contributed by atoms with E-state index in [9.17, 15) is 0 Å². The van der Waals surface area contributed by atoms with Gasteiger partial charge in [-0.1, -0.05) is 41.6 Å². The Bertz CT molecular complexity index is 812. The predicted molar refractivity (Wildman–Crippen MR) is 99.2 cm³/mol. The van der Waals surface area contributed by atoms with E-state index in [0.717, 1.165) is 44.0 Å². The van der Waals surface area contributed by atoms with Crippen LogP contribution >= 0.6 is 0 Å². The van der Waals surface area contributed by atoms with E-state index in [2.05, 4.69) is 37.9 Å². The van der Waals surface area contributed by atoms with Gasteiger partial charge in [0.2, 0.25) is 11.7 Å². The van der Waals surface area contributed by atoms with Gasteiger partial charge in [-0.15, -0.1) is 0 Å². The molecule has 3 heterocycles. The van der Waals surface area contributed by atoms with Crippen molar-refractivity contribution in [1.82, 2.24) is 24.9 Å². The Morgan fingerprint density at radius 2 is 1.77 bits per heavy atom. The van der Waals surface area contributed by atoms with Crippen molar-refractivity contribution in [2.24, 2.45) is 0 Å². The van der Waals surface area contributed by atoms with Crippen molar-refractivity contribution < 1.29 is 4.52 Å². The van der Waals surface area contributed by atoms with Gasteiger partial charge in [0.25, 0.3) is 0 Å². The van der Waals surface area contributed by atoms with Crippen molar-refractivity contribution in [2.75, 3.05) is 26.2 Å². The standard InChI is InChI=1S/C20H23N5O/c1-16(20-22-19(23-26-20)17-7-3-2-4-8-17)25-13-11-24(12-14-25)15-18-9-5-6-10-21-18/h2-10,16H,11-15H2,1H3. The van der Waals surface area contributed by atoms with Crippen LogP contribution in [0.4, 0.5) is 0 Å². The molecular weight excluding hydrogens is 326 g/mol. The first-order chi connectivity index (χ1) is 12.8. The van der Waals surface area contributed by atoms with E-state index in [4.69, 9.17) is 4.52 Å². The lowest BCUT2D eigenvalue weighted by Gasteiger charge is -2.36. The quantitative estimate of drug-likeness (QED) is 0.706. The predicted octanol–water partition coefficient (Wildman–Crippen LogP) is 3.01. The number of nitrogens with zero attached hydrogens (tertiary/aromatic N) is 5. The molecule has 3 aromatic rings. The highest BCUT2D eigenvalue weighted by Gasteiger charge is 2.26. The minimum absolute atomic E-state index is 0.122. The smallest absolute Gasteiger partial charge is 0.244 e. The average Bonchev–Trinajstić information content (AvgIpc) is 3.20. The molecule has 0 saturated carbocycles. The zero-order chi connectivity index (χ0) is 17.8. The molecular formula is C20H23N5O. The molecule has 6 heteroatoms. The van der Waals surface area contributed by atoms with Crippen molar-refractivity contribution in [3.05, 3.63) is 66.3 Å². The van der Waals surface area contributed by atoms with Crippen LogP contribution in [0.5, 0.6) is 0 Å². The molecule has 0 aliphatic carbocycles. The summed E-state index contributed by atoms with van der Waals surface area (Å²) in [5.74, 6) is 1.34. The van der Waals surface area contributed by atoms with Gasteiger partial charge in [-0.05, 0) is 19.1 Å². The molecule has 2 aromatic heterocycles. The number of hydrogen-bond acceptors (Lipinski definition) is 6. The van der Waals surface area contributed by atoms with Crippen LogP contribution in [0.15, 0.2) is 59.3 Å². The van der Waals surface area contributed by atoms with E-state index < -0.39 is 0 Å². The largest absolute Gasteiger partial charge is 0.337 e. The fourth-order valence-corrected chi connectivity index (χ4v) is 3.30. The number of rotatable bonds is 5. The molecule has 1 aliphatic heterocycles. The molecule has 6 nitrogen and oxygen atoms in total. The molecule has 26 heavy (non-hydrogen) atoms. The molecule has 134 valence electrons. The molecule has 1 aliphatic rings. The van der Waals surface area contributed by atoms with Crippen molar-refractivity contribution in [2.45, 2.75) is 19.5 Å². The summed E-state index contributed by atoms with van der Waals surface area (Å²) in [4.78, 5) is 13.9. The van der Waals surface area contributed by atoms with Crippen molar-refractivity contribution in [1.29, 1.82) is 0 Å². The summed E-state index contributed by atoms with van der Waals surface area (Å²) >= 11 is 0. The molecule has 1 unspecified atom stereocenters. The summed E-state index contributed by atoms with van der Waals surface area (Å²) in [5.41, 5.74) is 2.10. The lowest BCUT2D eigenvalue weighted by molar-refractivity contribution is 0.0839. The van der Waals surface area contributed by atoms with Gasteiger partial charge in [0.15, 0.2) is 0 Å². The minimum atomic E-state index is 0.122. The Hall–Kier alpha value is -2.57. The van der Waals surface area contributed by atoms with E-state index >= 15 is 0 Å². The van der Waals surface area contributed by atoms with E-state index in [0.29, 0.717) is 11.7 Å². The first kappa shape index (κ1) is 16.9. The summed E-state index contributed by atoms with van der Waals surface area (Å²) in [7, 11) is 0. The number of benzene rings is 1. The second kappa shape index (κ2) is 7.76. The van der Waals surface area contributed by atoms with Gasteiger partial charge in [0.1, 0.15) is 0 Å². The van der Waals surface area contributed by atoms with E-state index in [-0.39, 0.29) is 6.04 Å². The number of piperazine rings is 1. The van der Waals surface area contributed by atoms with Crippen LogP contribution in [0, 0.1) is 0 Å². The molecule has 1 atom stereocenters. The van der Waals surface area contributed by atoms with Crippen molar-refractivity contribution in [3.63, 3.8) is 0 Å². The van der Waals surface area contributed by atoms with Gasteiger partial charge >= 0.3 is 0 Å². The first-order valence-electron chi connectivity index (χ1n) is 9.05. The molecule has 1 saturated heterocycles. The Morgan fingerprint density at radius 3 is 2.50 bits per heavy atom. The first-order valence-corrected chi connectivity index (χ1v) is 9.05. The van der Waals surface area contributed by atoms with E-state index in [1.807, 2.05) is 48.7 Å². The third-order valence-electron chi connectivity index (χ3n) is 4.90. The Kier molecular flexibility index (Phi) is 5.04. The SMILES string of the molecule is CC(c1nc(-c2ccccc2)no1)N1CCN(Cc2ccccn2)CC1. The highest BCUT2D eigenvalue weighted by atomic mass is 16.5. The Morgan fingerprint density at radius 1 is 1.00 bits per heavy atom. The van der Waals surface area contributed by atoms with Crippen LogP contribution in [0.2, 0.25) is 0 Å². The third-order valence-corrected chi connectivity index (χ3v) is 4.90. The monoisotopic (exact) mass is 349 g/mol. The van der Waals surface area contributed by atoms with Crippen LogP contribution in [-0.2, 0) is 6.54 Å². The molecule has 0 spiro atoms. The van der Waals surface area contributed by atoms with Gasteiger partial charge in [-0.3, -0.25) is 14.8 Å². The Labute approximate surface area is 153 Å². The van der Waals surface area contributed by atoms with E-state index in [1.54, 1.807) is 0 Å². The summed E-state index contributed by atoms with van der Waals surface area (Å²) in [5, 5.41) is 4.14. The maximum Gasteiger partial charge on any atom is 0.244 e. The zero-order valence-corrected chi connectivity index (χ0v) is 15.0. The van der Waals surface area contributed by atoms with Crippen LogP contribution in [0.25, 0.3) is 11.4 Å². The minimum Gasteiger partial charge on any atom is -0.337 e. The van der Waals surface area contributed by atoms with Gasteiger partial charge in [-0.2, -0.15) is 4.98 Å². The lowest BCUT2D eigenvalue weighted by atomic mass is 10.2. The van der Waals surface area contributed by atoms with Gasteiger partial charge in [0.05, 0.1) is 11.7 Å². The third kappa shape index (κ3) is 3.81. The van der Waals surface area contributed by atoms with Crippen LogP contribution in [-0.4, -0.2) is 51.1 Å². The molecule has 4 rings (SSSR count). The van der Waals surface area contributed by atoms with Gasteiger partial charge in [-0.25, -0.2) is 0 Å². The molecule has 1 aromatic carbocycles. The molecule has 0 amide bonds. The van der Waals surface area contributed by atoms with Gasteiger partial charge < -0.3 is 4.52 Å². The maximum absolute atomic E-state index is 5.53. The van der Waals surface area contributed by atoms with Gasteiger partial charge in [0, 0.05) is 44.5 Å². The van der Waals surface area contributed by atoms with Crippen molar-refractivity contribution in [3.8, 4) is 11.4 Å². The highest BCUT2D eigenvalue weighted by Crippen LogP contribution is 2.23. The summed E-state index contributed by atoms with van der Waals surface area (Å²) in [6, 6.07) is 16.1. The fourth-order valence-electron chi connectivity index (χ4n) is 3.30. The van der Waals surface area contributed by atoms with Crippen LogP contribution < -0.4 is 0 Å². The summed E-state index contributed by atoms with van der Waals surface area (Å²) < 4.78 is 5.53. The summed E-state index contributed by atoms with van der Waals surface area (Å²) in [6.45, 7) is 7.04.